The van der Waals surface area contributed by atoms with Crippen molar-refractivity contribution in [2.24, 2.45) is 0 Å². The highest BCUT2D eigenvalue weighted by atomic mass is 16.6. The van der Waals surface area contributed by atoms with Gasteiger partial charge in [-0.2, -0.15) is 0 Å². The van der Waals surface area contributed by atoms with Gasteiger partial charge in [-0.15, -0.1) is 0 Å². The second kappa shape index (κ2) is 6.33. The van der Waals surface area contributed by atoms with E-state index in [0.29, 0.717) is 19.0 Å². The molecule has 0 bridgehead atoms. The third kappa shape index (κ3) is 3.45. The summed E-state index contributed by atoms with van der Waals surface area (Å²) in [7, 11) is 0. The molecule has 1 N–H and O–H groups in total. The average molecular weight is 281 g/mol. The molecule has 1 aromatic rings. The average Bonchev–Trinajstić information content (AvgIpc) is 2.45. The number of benzene rings is 1. The molecule has 0 radical (unpaired) electrons. The van der Waals surface area contributed by atoms with Crippen molar-refractivity contribution in [3.8, 4) is 5.75 Å². The summed E-state index contributed by atoms with van der Waals surface area (Å²) in [6.45, 7) is 1.02. The van der Waals surface area contributed by atoms with Crippen molar-refractivity contribution >= 4 is 11.7 Å². The van der Waals surface area contributed by atoms with E-state index in [-0.39, 0.29) is 11.7 Å². The standard InChI is InChI=1S/C13H15NO6/c15-13(16)11-7-9(4-5-12(11)14(17)18)20-8-10-3-1-2-6-19-10/h4-5,7,10H,1-3,6,8H2,(H,15,16). The maximum absolute atomic E-state index is 11.0. The zero-order chi connectivity index (χ0) is 14.5. The minimum atomic E-state index is -1.35. The predicted molar refractivity (Wildman–Crippen MR) is 69.1 cm³/mol. The van der Waals surface area contributed by atoms with Gasteiger partial charge in [-0.3, -0.25) is 10.1 Å². The number of nitro benzene ring substituents is 1. The van der Waals surface area contributed by atoms with Crippen LogP contribution in [-0.4, -0.2) is 35.3 Å². The summed E-state index contributed by atoms with van der Waals surface area (Å²) in [6.07, 6.45) is 3.01. The Balaban J connectivity index is 2.06. The molecule has 0 spiro atoms. The van der Waals surface area contributed by atoms with Crippen LogP contribution in [0.1, 0.15) is 29.6 Å². The van der Waals surface area contributed by atoms with Crippen LogP contribution in [0.5, 0.6) is 5.75 Å². The molecule has 20 heavy (non-hydrogen) atoms. The van der Waals surface area contributed by atoms with Crippen molar-refractivity contribution < 1.29 is 24.3 Å². The minimum Gasteiger partial charge on any atom is -0.491 e. The predicted octanol–water partition coefficient (Wildman–Crippen LogP) is 2.24. The van der Waals surface area contributed by atoms with Crippen LogP contribution in [0.4, 0.5) is 5.69 Å². The topological polar surface area (TPSA) is 98.9 Å². The Morgan fingerprint density at radius 3 is 2.90 bits per heavy atom. The highest BCUT2D eigenvalue weighted by Crippen LogP contribution is 2.24. The first kappa shape index (κ1) is 14.3. The second-order valence-corrected chi connectivity index (χ2v) is 4.54. The Morgan fingerprint density at radius 1 is 1.50 bits per heavy atom. The van der Waals surface area contributed by atoms with Crippen LogP contribution >= 0.6 is 0 Å². The minimum absolute atomic E-state index is 0.00720. The van der Waals surface area contributed by atoms with Crippen LogP contribution < -0.4 is 4.74 Å². The number of aromatic carboxylic acids is 1. The van der Waals surface area contributed by atoms with E-state index in [1.807, 2.05) is 0 Å². The first-order chi connectivity index (χ1) is 9.58. The first-order valence-corrected chi connectivity index (χ1v) is 6.34. The number of hydrogen-bond donors (Lipinski definition) is 1. The van der Waals surface area contributed by atoms with Gasteiger partial charge in [0.25, 0.3) is 5.69 Å². The highest BCUT2D eigenvalue weighted by molar-refractivity contribution is 5.92. The van der Waals surface area contributed by atoms with E-state index in [1.54, 1.807) is 0 Å². The molecule has 7 heteroatoms. The molecular weight excluding hydrogens is 266 g/mol. The summed E-state index contributed by atoms with van der Waals surface area (Å²) >= 11 is 0. The molecule has 1 aliphatic heterocycles. The lowest BCUT2D eigenvalue weighted by Gasteiger charge is -2.22. The van der Waals surface area contributed by atoms with Crippen LogP contribution in [0.2, 0.25) is 0 Å². The quantitative estimate of drug-likeness (QED) is 0.656. The van der Waals surface area contributed by atoms with E-state index >= 15 is 0 Å². The molecule has 108 valence electrons. The Kier molecular flexibility index (Phi) is 4.52. The van der Waals surface area contributed by atoms with Gasteiger partial charge in [0.2, 0.25) is 0 Å². The van der Waals surface area contributed by atoms with Gasteiger partial charge >= 0.3 is 5.97 Å². The second-order valence-electron chi connectivity index (χ2n) is 4.54. The van der Waals surface area contributed by atoms with Gasteiger partial charge < -0.3 is 14.6 Å². The molecule has 0 saturated carbocycles. The summed E-state index contributed by atoms with van der Waals surface area (Å²) in [5, 5.41) is 19.7. The fraction of sp³-hybridized carbons (Fsp3) is 0.462. The van der Waals surface area contributed by atoms with E-state index in [9.17, 15) is 14.9 Å². The van der Waals surface area contributed by atoms with Crippen LogP contribution in [0, 0.1) is 10.1 Å². The van der Waals surface area contributed by atoms with Crippen LogP contribution in [0.25, 0.3) is 0 Å². The summed E-state index contributed by atoms with van der Waals surface area (Å²) in [5.41, 5.74) is -0.823. The fourth-order valence-electron chi connectivity index (χ4n) is 2.06. The van der Waals surface area contributed by atoms with E-state index < -0.39 is 16.6 Å². The van der Waals surface area contributed by atoms with Gasteiger partial charge in [0.1, 0.15) is 17.9 Å². The third-order valence-electron chi connectivity index (χ3n) is 3.11. The number of rotatable bonds is 5. The molecule has 0 amide bonds. The molecule has 1 unspecified atom stereocenters. The van der Waals surface area contributed by atoms with Crippen molar-refractivity contribution in [2.75, 3.05) is 13.2 Å². The van der Waals surface area contributed by atoms with Crippen LogP contribution in [-0.2, 0) is 4.74 Å². The molecule has 1 fully saturated rings. The Hall–Kier alpha value is -2.15. The number of carboxylic acid groups (broad SMARTS) is 1. The third-order valence-corrected chi connectivity index (χ3v) is 3.11. The maximum atomic E-state index is 11.0. The van der Waals surface area contributed by atoms with E-state index in [0.717, 1.165) is 25.3 Å². The SMILES string of the molecule is O=C(O)c1cc(OCC2CCCCO2)ccc1[N+](=O)[O-]. The molecule has 1 atom stereocenters. The van der Waals surface area contributed by atoms with Gasteiger partial charge in [0, 0.05) is 18.7 Å². The summed E-state index contributed by atoms with van der Waals surface area (Å²) in [6, 6.07) is 3.71. The van der Waals surface area contributed by atoms with Gasteiger partial charge in [0.05, 0.1) is 11.0 Å². The Bertz CT molecular complexity index is 510. The van der Waals surface area contributed by atoms with Gasteiger partial charge in [-0.1, -0.05) is 0 Å². The molecule has 7 nitrogen and oxygen atoms in total. The summed E-state index contributed by atoms with van der Waals surface area (Å²) in [5.74, 6) is -1.06. The number of nitrogens with zero attached hydrogens (tertiary/aromatic N) is 1. The zero-order valence-electron chi connectivity index (χ0n) is 10.8. The molecule has 0 aliphatic carbocycles. The lowest BCUT2D eigenvalue weighted by atomic mass is 10.1. The molecule has 1 heterocycles. The maximum Gasteiger partial charge on any atom is 0.342 e. The molecule has 1 aliphatic rings. The van der Waals surface area contributed by atoms with Crippen molar-refractivity contribution in [2.45, 2.75) is 25.4 Å². The van der Waals surface area contributed by atoms with E-state index in [4.69, 9.17) is 14.6 Å². The van der Waals surface area contributed by atoms with Crippen molar-refractivity contribution in [3.05, 3.63) is 33.9 Å². The Labute approximate surface area is 115 Å². The van der Waals surface area contributed by atoms with Crippen molar-refractivity contribution in [3.63, 3.8) is 0 Å². The zero-order valence-corrected chi connectivity index (χ0v) is 10.8. The lowest BCUT2D eigenvalue weighted by molar-refractivity contribution is -0.385. The summed E-state index contributed by atoms with van der Waals surface area (Å²) < 4.78 is 10.9. The normalized spacial score (nSPS) is 18.5. The van der Waals surface area contributed by atoms with E-state index in [2.05, 4.69) is 0 Å². The van der Waals surface area contributed by atoms with Crippen molar-refractivity contribution in [1.82, 2.24) is 0 Å². The highest BCUT2D eigenvalue weighted by Gasteiger charge is 2.21. The van der Waals surface area contributed by atoms with Gasteiger partial charge in [0.15, 0.2) is 0 Å². The Morgan fingerprint density at radius 2 is 2.30 bits per heavy atom. The lowest BCUT2D eigenvalue weighted by Crippen LogP contribution is -2.25. The van der Waals surface area contributed by atoms with Crippen LogP contribution in [0.15, 0.2) is 18.2 Å². The molecule has 0 aromatic heterocycles. The number of carboxylic acids is 1. The number of nitro groups is 1. The van der Waals surface area contributed by atoms with E-state index in [1.165, 1.54) is 12.1 Å². The van der Waals surface area contributed by atoms with Crippen LogP contribution in [0.3, 0.4) is 0 Å². The molecule has 1 aromatic carbocycles. The monoisotopic (exact) mass is 281 g/mol. The summed E-state index contributed by atoms with van der Waals surface area (Å²) in [4.78, 5) is 21.0. The fourth-order valence-corrected chi connectivity index (χ4v) is 2.06. The van der Waals surface area contributed by atoms with Gasteiger partial charge in [-0.25, -0.2) is 4.79 Å². The van der Waals surface area contributed by atoms with Crippen molar-refractivity contribution in [1.29, 1.82) is 0 Å². The molecule has 2 rings (SSSR count). The number of carbonyl (C=O) groups is 1. The van der Waals surface area contributed by atoms with Gasteiger partial charge in [-0.05, 0) is 25.3 Å². The largest absolute Gasteiger partial charge is 0.491 e. The number of hydrogen-bond acceptors (Lipinski definition) is 5. The number of ether oxygens (including phenoxy) is 2. The molecular formula is C13H15NO6. The smallest absolute Gasteiger partial charge is 0.342 e. The first-order valence-electron chi connectivity index (χ1n) is 6.34. The molecule has 1 saturated heterocycles.